The molecule has 1 aromatic heterocycles. The SMILES string of the molecule is CCCCCn1nnc(C(N)=O)c1CCOC. The first-order chi connectivity index (χ1) is 8.20. The molecule has 6 heteroatoms. The van der Waals surface area contributed by atoms with Gasteiger partial charge in [0.05, 0.1) is 12.3 Å². The van der Waals surface area contributed by atoms with Gasteiger partial charge < -0.3 is 10.5 Å². The first-order valence-corrected chi connectivity index (χ1v) is 5.91. The maximum absolute atomic E-state index is 11.2. The van der Waals surface area contributed by atoms with Crippen LogP contribution in [0, 0.1) is 0 Å². The van der Waals surface area contributed by atoms with Crippen LogP contribution in [0.4, 0.5) is 0 Å². The number of primary amides is 1. The van der Waals surface area contributed by atoms with Gasteiger partial charge in [-0.1, -0.05) is 25.0 Å². The molecule has 6 nitrogen and oxygen atoms in total. The Morgan fingerprint density at radius 2 is 2.24 bits per heavy atom. The highest BCUT2D eigenvalue weighted by Gasteiger charge is 2.16. The number of aromatic nitrogens is 3. The third-order valence-corrected chi connectivity index (χ3v) is 2.59. The molecule has 0 saturated carbocycles. The van der Waals surface area contributed by atoms with Gasteiger partial charge in [-0.05, 0) is 6.42 Å². The highest BCUT2D eigenvalue weighted by molar-refractivity contribution is 5.91. The molecule has 0 spiro atoms. The van der Waals surface area contributed by atoms with Crippen molar-refractivity contribution in [3.63, 3.8) is 0 Å². The van der Waals surface area contributed by atoms with Crippen molar-refractivity contribution in [1.29, 1.82) is 0 Å². The highest BCUT2D eigenvalue weighted by Crippen LogP contribution is 2.08. The van der Waals surface area contributed by atoms with Gasteiger partial charge in [0.15, 0.2) is 5.69 Å². The zero-order chi connectivity index (χ0) is 12.7. The molecule has 0 radical (unpaired) electrons. The zero-order valence-electron chi connectivity index (χ0n) is 10.5. The number of unbranched alkanes of at least 4 members (excludes halogenated alkanes) is 2. The molecule has 0 saturated heterocycles. The standard InChI is InChI=1S/C11H20N4O2/c1-3-4-5-7-15-9(6-8-17-2)10(11(12)16)13-14-15/h3-8H2,1-2H3,(H2,12,16). The van der Waals surface area contributed by atoms with Gasteiger partial charge in [0.2, 0.25) is 0 Å². The zero-order valence-corrected chi connectivity index (χ0v) is 10.5. The van der Waals surface area contributed by atoms with Crippen LogP contribution in [0.2, 0.25) is 0 Å². The summed E-state index contributed by atoms with van der Waals surface area (Å²) >= 11 is 0. The van der Waals surface area contributed by atoms with E-state index in [0.29, 0.717) is 13.0 Å². The summed E-state index contributed by atoms with van der Waals surface area (Å²) < 4.78 is 6.77. The maximum atomic E-state index is 11.2. The van der Waals surface area contributed by atoms with Crippen molar-refractivity contribution in [2.24, 2.45) is 5.73 Å². The monoisotopic (exact) mass is 240 g/mol. The second kappa shape index (κ2) is 7.01. The number of methoxy groups -OCH3 is 1. The van der Waals surface area contributed by atoms with E-state index in [-0.39, 0.29) is 5.69 Å². The van der Waals surface area contributed by atoms with Crippen LogP contribution in [0.5, 0.6) is 0 Å². The summed E-state index contributed by atoms with van der Waals surface area (Å²) in [6.07, 6.45) is 3.91. The van der Waals surface area contributed by atoms with E-state index in [1.165, 1.54) is 0 Å². The normalized spacial score (nSPS) is 10.7. The first-order valence-electron chi connectivity index (χ1n) is 5.91. The summed E-state index contributed by atoms with van der Waals surface area (Å²) in [7, 11) is 1.62. The molecule has 1 heterocycles. The molecule has 0 aromatic carbocycles. The molecule has 2 N–H and O–H groups in total. The molecule has 0 unspecified atom stereocenters. The fourth-order valence-corrected chi connectivity index (χ4v) is 1.66. The Hall–Kier alpha value is -1.43. The van der Waals surface area contributed by atoms with Crippen LogP contribution in [0.15, 0.2) is 0 Å². The molecule has 17 heavy (non-hydrogen) atoms. The van der Waals surface area contributed by atoms with E-state index in [0.717, 1.165) is 31.5 Å². The summed E-state index contributed by atoms with van der Waals surface area (Å²) in [5, 5.41) is 7.80. The number of ether oxygens (including phenoxy) is 1. The number of hydrogen-bond donors (Lipinski definition) is 1. The van der Waals surface area contributed by atoms with Gasteiger partial charge in [0.25, 0.3) is 5.91 Å². The van der Waals surface area contributed by atoms with Crippen molar-refractivity contribution in [3.05, 3.63) is 11.4 Å². The number of carbonyl (C=O) groups is 1. The average molecular weight is 240 g/mol. The van der Waals surface area contributed by atoms with Gasteiger partial charge in [-0.3, -0.25) is 4.79 Å². The Kier molecular flexibility index (Phi) is 5.62. The number of amides is 1. The van der Waals surface area contributed by atoms with Crippen LogP contribution in [0.3, 0.4) is 0 Å². The van der Waals surface area contributed by atoms with Crippen molar-refractivity contribution in [3.8, 4) is 0 Å². The second-order valence-electron chi connectivity index (χ2n) is 3.92. The molecule has 0 fully saturated rings. The third-order valence-electron chi connectivity index (χ3n) is 2.59. The molecule has 1 rings (SSSR count). The lowest BCUT2D eigenvalue weighted by Gasteiger charge is -2.06. The Labute approximate surface area is 101 Å². The predicted molar refractivity (Wildman–Crippen MR) is 63.6 cm³/mol. The van der Waals surface area contributed by atoms with E-state index >= 15 is 0 Å². The smallest absolute Gasteiger partial charge is 0.271 e. The van der Waals surface area contributed by atoms with Crippen molar-refractivity contribution < 1.29 is 9.53 Å². The molecule has 0 bridgehead atoms. The number of rotatable bonds is 8. The fraction of sp³-hybridized carbons (Fsp3) is 0.727. The van der Waals surface area contributed by atoms with E-state index in [2.05, 4.69) is 17.2 Å². The Bertz CT molecular complexity index is 362. The number of nitrogens with two attached hydrogens (primary N) is 1. The summed E-state index contributed by atoms with van der Waals surface area (Å²) in [6.45, 7) is 3.44. The number of hydrogen-bond acceptors (Lipinski definition) is 4. The van der Waals surface area contributed by atoms with Crippen LogP contribution in [0.25, 0.3) is 0 Å². The Balaban J connectivity index is 2.76. The molecular weight excluding hydrogens is 220 g/mol. The van der Waals surface area contributed by atoms with Crippen LogP contribution >= 0.6 is 0 Å². The number of nitrogens with zero attached hydrogens (tertiary/aromatic N) is 3. The molecular formula is C11H20N4O2. The number of aryl methyl sites for hydroxylation is 1. The van der Waals surface area contributed by atoms with Crippen LogP contribution in [-0.4, -0.2) is 34.6 Å². The first kappa shape index (κ1) is 13.6. The predicted octanol–water partition coefficient (Wildman–Crippen LogP) is 0.756. The third kappa shape index (κ3) is 3.81. The van der Waals surface area contributed by atoms with Gasteiger partial charge >= 0.3 is 0 Å². The molecule has 1 aromatic rings. The molecule has 0 atom stereocenters. The van der Waals surface area contributed by atoms with E-state index < -0.39 is 5.91 Å². The molecule has 1 amide bonds. The van der Waals surface area contributed by atoms with Crippen molar-refractivity contribution >= 4 is 5.91 Å². The topological polar surface area (TPSA) is 83.0 Å². The molecule has 0 aliphatic carbocycles. The molecule has 0 aliphatic rings. The van der Waals surface area contributed by atoms with Crippen molar-refractivity contribution in [2.75, 3.05) is 13.7 Å². The lowest BCUT2D eigenvalue weighted by Crippen LogP contribution is -2.16. The van der Waals surface area contributed by atoms with Crippen molar-refractivity contribution in [2.45, 2.75) is 39.2 Å². The quantitative estimate of drug-likeness (QED) is 0.680. The van der Waals surface area contributed by atoms with E-state index in [4.69, 9.17) is 10.5 Å². The van der Waals surface area contributed by atoms with Crippen LogP contribution in [-0.2, 0) is 17.7 Å². The summed E-state index contributed by atoms with van der Waals surface area (Å²) in [4.78, 5) is 11.2. The average Bonchev–Trinajstić information content (AvgIpc) is 2.70. The minimum Gasteiger partial charge on any atom is -0.384 e. The largest absolute Gasteiger partial charge is 0.384 e. The fourth-order valence-electron chi connectivity index (χ4n) is 1.66. The summed E-state index contributed by atoms with van der Waals surface area (Å²) in [5.74, 6) is -0.530. The van der Waals surface area contributed by atoms with Gasteiger partial charge in [0, 0.05) is 20.1 Å². The summed E-state index contributed by atoms with van der Waals surface area (Å²) in [6, 6.07) is 0. The second-order valence-corrected chi connectivity index (χ2v) is 3.92. The Morgan fingerprint density at radius 3 is 2.82 bits per heavy atom. The lowest BCUT2D eigenvalue weighted by atomic mass is 10.2. The van der Waals surface area contributed by atoms with Crippen LogP contribution < -0.4 is 5.73 Å². The minimum atomic E-state index is -0.530. The van der Waals surface area contributed by atoms with E-state index in [9.17, 15) is 4.79 Å². The van der Waals surface area contributed by atoms with Gasteiger partial charge in [-0.15, -0.1) is 5.10 Å². The molecule has 0 aliphatic heterocycles. The molecule has 96 valence electrons. The summed E-state index contributed by atoms with van der Waals surface area (Å²) in [5.41, 5.74) is 6.29. The van der Waals surface area contributed by atoms with E-state index in [1.807, 2.05) is 0 Å². The maximum Gasteiger partial charge on any atom is 0.271 e. The minimum absolute atomic E-state index is 0.263. The van der Waals surface area contributed by atoms with Gasteiger partial charge in [0.1, 0.15) is 0 Å². The number of carbonyl (C=O) groups excluding carboxylic acids is 1. The van der Waals surface area contributed by atoms with Crippen molar-refractivity contribution in [1.82, 2.24) is 15.0 Å². The van der Waals surface area contributed by atoms with Gasteiger partial charge in [-0.2, -0.15) is 0 Å². The lowest BCUT2D eigenvalue weighted by molar-refractivity contribution is 0.0994. The Morgan fingerprint density at radius 1 is 1.47 bits per heavy atom. The van der Waals surface area contributed by atoms with Gasteiger partial charge in [-0.25, -0.2) is 4.68 Å². The highest BCUT2D eigenvalue weighted by atomic mass is 16.5. The van der Waals surface area contributed by atoms with Crippen LogP contribution in [0.1, 0.15) is 42.4 Å². The van der Waals surface area contributed by atoms with E-state index in [1.54, 1.807) is 11.8 Å².